The Bertz CT molecular complexity index is 681. The Balaban J connectivity index is 1.95. The highest BCUT2D eigenvalue weighted by atomic mass is 79.9. The Hall–Kier alpha value is -1.04. The molecule has 0 aliphatic heterocycles. The minimum absolute atomic E-state index is 0.476. The Kier molecular flexibility index (Phi) is 3.28. The Labute approximate surface area is 121 Å². The van der Waals surface area contributed by atoms with Gasteiger partial charge in [-0.3, -0.25) is 0 Å². The summed E-state index contributed by atoms with van der Waals surface area (Å²) in [6, 6.07) is 5.63. The lowest BCUT2D eigenvalue weighted by molar-refractivity contribution is 0.518. The van der Waals surface area contributed by atoms with Crippen molar-refractivity contribution in [3.05, 3.63) is 45.2 Å². The van der Waals surface area contributed by atoms with Gasteiger partial charge in [-0.1, -0.05) is 11.6 Å². The second-order valence-electron chi connectivity index (χ2n) is 3.69. The van der Waals surface area contributed by atoms with Crippen molar-refractivity contribution in [3.63, 3.8) is 0 Å². The maximum atomic E-state index is 6.02. The minimum atomic E-state index is 0.476. The largest absolute Gasteiger partial charge is 0.467 e. The highest BCUT2D eigenvalue weighted by Gasteiger charge is 2.10. The van der Waals surface area contributed by atoms with Crippen LogP contribution >= 0.6 is 38.9 Å². The number of hydrogen-bond donors (Lipinski definition) is 1. The molecule has 0 amide bonds. The predicted molar refractivity (Wildman–Crippen MR) is 78.4 cm³/mol. The van der Waals surface area contributed by atoms with Crippen molar-refractivity contribution in [2.75, 3.05) is 5.32 Å². The molecular formula is C12H8BrClN2OS. The number of anilines is 1. The second-order valence-corrected chi connectivity index (χ2v) is 5.81. The topological polar surface area (TPSA) is 38.1 Å². The molecule has 0 spiro atoms. The van der Waals surface area contributed by atoms with Crippen LogP contribution in [-0.2, 0) is 6.54 Å². The fraction of sp³-hybridized carbons (Fsp3) is 0.0833. The average molecular weight is 344 g/mol. The van der Waals surface area contributed by atoms with Gasteiger partial charge < -0.3 is 9.73 Å². The van der Waals surface area contributed by atoms with Crippen LogP contribution in [0.15, 0.2) is 38.7 Å². The van der Waals surface area contributed by atoms with Gasteiger partial charge in [0, 0.05) is 11.4 Å². The molecule has 0 saturated heterocycles. The van der Waals surface area contributed by atoms with Crippen molar-refractivity contribution in [2.24, 2.45) is 0 Å². The summed E-state index contributed by atoms with van der Waals surface area (Å²) in [6.07, 6.45) is 1.66. The standard InChI is InChI=1S/C12H8BrClN2OS/c13-8-6-18-12-9(4-10(14)16-11(8)12)15-5-7-2-1-3-17-7/h1-4,6H,5H2,(H,15,16). The monoisotopic (exact) mass is 342 g/mol. The van der Waals surface area contributed by atoms with Crippen LogP contribution in [0.25, 0.3) is 10.2 Å². The number of thiophene rings is 1. The normalized spacial score (nSPS) is 11.0. The highest BCUT2D eigenvalue weighted by molar-refractivity contribution is 9.10. The van der Waals surface area contributed by atoms with Crippen LogP contribution in [0.5, 0.6) is 0 Å². The number of pyridine rings is 1. The zero-order chi connectivity index (χ0) is 12.5. The van der Waals surface area contributed by atoms with Crippen LogP contribution in [0.3, 0.4) is 0 Å². The summed E-state index contributed by atoms with van der Waals surface area (Å²) < 4.78 is 7.33. The van der Waals surface area contributed by atoms with Gasteiger partial charge in [0.25, 0.3) is 0 Å². The molecule has 3 heterocycles. The Morgan fingerprint density at radius 1 is 1.50 bits per heavy atom. The molecule has 3 aromatic rings. The molecule has 0 atom stereocenters. The maximum absolute atomic E-state index is 6.02. The van der Waals surface area contributed by atoms with Crippen molar-refractivity contribution < 1.29 is 4.42 Å². The van der Waals surface area contributed by atoms with E-state index in [4.69, 9.17) is 16.0 Å². The van der Waals surface area contributed by atoms with E-state index in [1.54, 1.807) is 17.6 Å². The molecule has 0 aliphatic carbocycles. The molecule has 0 bridgehead atoms. The van der Waals surface area contributed by atoms with E-state index >= 15 is 0 Å². The molecule has 0 aromatic carbocycles. The summed E-state index contributed by atoms with van der Waals surface area (Å²) in [5, 5.41) is 5.80. The molecule has 0 aliphatic rings. The van der Waals surface area contributed by atoms with Crippen molar-refractivity contribution in [2.45, 2.75) is 6.54 Å². The van der Waals surface area contributed by atoms with Crippen molar-refractivity contribution in [3.8, 4) is 0 Å². The maximum Gasteiger partial charge on any atom is 0.131 e. The smallest absolute Gasteiger partial charge is 0.131 e. The lowest BCUT2D eigenvalue weighted by atomic mass is 10.3. The third-order valence-electron chi connectivity index (χ3n) is 2.48. The van der Waals surface area contributed by atoms with Crippen LogP contribution in [-0.4, -0.2) is 4.98 Å². The van der Waals surface area contributed by atoms with E-state index in [0.29, 0.717) is 11.7 Å². The van der Waals surface area contributed by atoms with E-state index < -0.39 is 0 Å². The fourth-order valence-electron chi connectivity index (χ4n) is 1.68. The summed E-state index contributed by atoms with van der Waals surface area (Å²) in [7, 11) is 0. The van der Waals surface area contributed by atoms with Crippen LogP contribution in [0.4, 0.5) is 5.69 Å². The summed E-state index contributed by atoms with van der Waals surface area (Å²) in [4.78, 5) is 4.31. The van der Waals surface area contributed by atoms with Gasteiger partial charge in [-0.05, 0) is 28.1 Å². The first-order valence-electron chi connectivity index (χ1n) is 5.23. The van der Waals surface area contributed by atoms with Gasteiger partial charge in [-0.25, -0.2) is 4.98 Å². The molecule has 3 nitrogen and oxygen atoms in total. The van der Waals surface area contributed by atoms with Crippen molar-refractivity contribution >= 4 is 54.8 Å². The fourth-order valence-corrected chi connectivity index (χ4v) is 3.43. The van der Waals surface area contributed by atoms with Gasteiger partial charge in [0.1, 0.15) is 10.9 Å². The third kappa shape index (κ3) is 2.25. The molecule has 0 unspecified atom stereocenters. The van der Waals surface area contributed by atoms with Crippen LogP contribution in [0.2, 0.25) is 5.15 Å². The summed E-state index contributed by atoms with van der Waals surface area (Å²) in [6.45, 7) is 0.623. The van der Waals surface area contributed by atoms with Crippen LogP contribution in [0.1, 0.15) is 5.76 Å². The minimum Gasteiger partial charge on any atom is -0.467 e. The number of hydrogen-bond acceptors (Lipinski definition) is 4. The Morgan fingerprint density at radius 3 is 3.17 bits per heavy atom. The Morgan fingerprint density at radius 2 is 2.39 bits per heavy atom. The first-order chi connectivity index (χ1) is 8.74. The number of fused-ring (bicyclic) bond motifs is 1. The molecule has 92 valence electrons. The predicted octanol–water partition coefficient (Wildman–Crippen LogP) is 4.92. The molecule has 1 N–H and O–H groups in total. The molecular weight excluding hydrogens is 336 g/mol. The van der Waals surface area contributed by atoms with Crippen LogP contribution < -0.4 is 5.32 Å². The van der Waals surface area contributed by atoms with E-state index in [0.717, 1.165) is 26.1 Å². The first-order valence-corrected chi connectivity index (χ1v) is 7.28. The summed E-state index contributed by atoms with van der Waals surface area (Å²) in [5.74, 6) is 0.881. The molecule has 3 rings (SSSR count). The zero-order valence-electron chi connectivity index (χ0n) is 9.11. The lowest BCUT2D eigenvalue weighted by Gasteiger charge is -2.06. The van der Waals surface area contributed by atoms with Gasteiger partial charge in [0.15, 0.2) is 0 Å². The van der Waals surface area contributed by atoms with Gasteiger partial charge in [0.2, 0.25) is 0 Å². The molecule has 3 aromatic heterocycles. The molecule has 6 heteroatoms. The van der Waals surface area contributed by atoms with E-state index in [-0.39, 0.29) is 0 Å². The number of halogens is 2. The van der Waals surface area contributed by atoms with Gasteiger partial charge in [-0.15, -0.1) is 11.3 Å². The van der Waals surface area contributed by atoms with E-state index in [2.05, 4.69) is 26.2 Å². The van der Waals surface area contributed by atoms with Crippen LogP contribution in [0, 0.1) is 0 Å². The molecule has 0 fully saturated rings. The van der Waals surface area contributed by atoms with Gasteiger partial charge >= 0.3 is 0 Å². The van der Waals surface area contributed by atoms with E-state index in [9.17, 15) is 0 Å². The molecule has 0 radical (unpaired) electrons. The average Bonchev–Trinajstić information content (AvgIpc) is 2.97. The van der Waals surface area contributed by atoms with Crippen molar-refractivity contribution in [1.82, 2.24) is 4.98 Å². The number of furan rings is 1. The molecule has 18 heavy (non-hydrogen) atoms. The van der Waals surface area contributed by atoms with Gasteiger partial charge in [-0.2, -0.15) is 0 Å². The zero-order valence-corrected chi connectivity index (χ0v) is 12.3. The lowest BCUT2D eigenvalue weighted by Crippen LogP contribution is -1.98. The summed E-state index contributed by atoms with van der Waals surface area (Å²) >= 11 is 11.1. The SMILES string of the molecule is Clc1cc(NCc2ccco2)c2scc(Br)c2n1. The summed E-state index contributed by atoms with van der Waals surface area (Å²) in [5.41, 5.74) is 1.85. The van der Waals surface area contributed by atoms with Crippen molar-refractivity contribution in [1.29, 1.82) is 0 Å². The number of nitrogens with zero attached hydrogens (tertiary/aromatic N) is 1. The number of aromatic nitrogens is 1. The molecule has 0 saturated carbocycles. The van der Waals surface area contributed by atoms with Gasteiger partial charge in [0.05, 0.1) is 33.2 Å². The number of nitrogens with one attached hydrogen (secondary N) is 1. The first kappa shape index (κ1) is 12.0. The second kappa shape index (κ2) is 4.91. The van der Waals surface area contributed by atoms with E-state index in [1.807, 2.05) is 23.6 Å². The van der Waals surface area contributed by atoms with E-state index in [1.165, 1.54) is 0 Å². The highest BCUT2D eigenvalue weighted by Crippen LogP contribution is 2.35. The quantitative estimate of drug-likeness (QED) is 0.686. The third-order valence-corrected chi connectivity index (χ3v) is 4.59. The number of rotatable bonds is 3.